The van der Waals surface area contributed by atoms with Gasteiger partial charge in [-0.2, -0.15) is 0 Å². The normalized spacial score (nSPS) is 23.2. The molecule has 0 bridgehead atoms. The maximum atomic E-state index is 10.8. The van der Waals surface area contributed by atoms with Gasteiger partial charge < -0.3 is 5.32 Å². The highest BCUT2D eigenvalue weighted by Crippen LogP contribution is 2.27. The molecule has 0 saturated heterocycles. The number of nitro benzene ring substituents is 1. The molecular formula is C14H18N2O2. The predicted molar refractivity (Wildman–Crippen MR) is 69.7 cm³/mol. The highest BCUT2D eigenvalue weighted by Gasteiger charge is 2.26. The molecule has 1 atom stereocenters. The Morgan fingerprint density at radius 2 is 1.72 bits per heavy atom. The van der Waals surface area contributed by atoms with Crippen LogP contribution in [-0.2, 0) is 12.8 Å². The number of hydrogen-bond donors (Lipinski definition) is 1. The third-order valence-corrected chi connectivity index (χ3v) is 3.97. The van der Waals surface area contributed by atoms with Gasteiger partial charge in [-0.1, -0.05) is 6.07 Å². The molecular weight excluding hydrogens is 228 g/mol. The summed E-state index contributed by atoms with van der Waals surface area (Å²) >= 11 is 0. The Kier molecular flexibility index (Phi) is 3.04. The van der Waals surface area contributed by atoms with Crippen LogP contribution < -0.4 is 5.32 Å². The largest absolute Gasteiger partial charge is 0.311 e. The van der Waals surface area contributed by atoms with Gasteiger partial charge >= 0.3 is 0 Å². The molecule has 1 saturated carbocycles. The zero-order chi connectivity index (χ0) is 12.5. The lowest BCUT2D eigenvalue weighted by Gasteiger charge is -2.15. The van der Waals surface area contributed by atoms with Crippen LogP contribution in [0.2, 0.25) is 0 Å². The SMILES string of the molecule is O=[N+]([O-])c1ccc2c(c1)CCC(NC1CC1)CC2. The Balaban J connectivity index is 1.73. The van der Waals surface area contributed by atoms with Crippen molar-refractivity contribution in [2.24, 2.45) is 0 Å². The average molecular weight is 246 g/mol. The molecule has 0 radical (unpaired) electrons. The molecule has 1 aromatic carbocycles. The number of nitrogens with one attached hydrogen (secondary N) is 1. The number of nitro groups is 1. The summed E-state index contributed by atoms with van der Waals surface area (Å²) in [4.78, 5) is 10.5. The van der Waals surface area contributed by atoms with E-state index in [-0.39, 0.29) is 10.6 Å². The van der Waals surface area contributed by atoms with Crippen LogP contribution in [0.3, 0.4) is 0 Å². The van der Waals surface area contributed by atoms with Crippen molar-refractivity contribution in [3.8, 4) is 0 Å². The van der Waals surface area contributed by atoms with Crippen molar-refractivity contribution in [1.29, 1.82) is 0 Å². The Labute approximate surface area is 107 Å². The molecule has 1 N–H and O–H groups in total. The number of non-ortho nitro benzene ring substituents is 1. The number of fused-ring (bicyclic) bond motifs is 1. The van der Waals surface area contributed by atoms with E-state index in [9.17, 15) is 10.1 Å². The first kappa shape index (κ1) is 11.7. The van der Waals surface area contributed by atoms with Crippen LogP contribution in [0.4, 0.5) is 5.69 Å². The second-order valence-corrected chi connectivity index (χ2v) is 5.43. The Hall–Kier alpha value is -1.42. The lowest BCUT2D eigenvalue weighted by Crippen LogP contribution is -2.31. The van der Waals surface area contributed by atoms with Crippen LogP contribution in [0.25, 0.3) is 0 Å². The van der Waals surface area contributed by atoms with Crippen LogP contribution >= 0.6 is 0 Å². The van der Waals surface area contributed by atoms with E-state index < -0.39 is 0 Å². The lowest BCUT2D eigenvalue weighted by molar-refractivity contribution is -0.384. The molecule has 2 aliphatic carbocycles. The van der Waals surface area contributed by atoms with Gasteiger partial charge in [0, 0.05) is 24.2 Å². The summed E-state index contributed by atoms with van der Waals surface area (Å²) in [6.07, 6.45) is 6.88. The second kappa shape index (κ2) is 4.69. The van der Waals surface area contributed by atoms with Gasteiger partial charge in [0.25, 0.3) is 5.69 Å². The monoisotopic (exact) mass is 246 g/mol. The van der Waals surface area contributed by atoms with E-state index >= 15 is 0 Å². The third kappa shape index (κ3) is 2.53. The van der Waals surface area contributed by atoms with Crippen LogP contribution in [-0.4, -0.2) is 17.0 Å². The third-order valence-electron chi connectivity index (χ3n) is 3.97. The first-order chi connectivity index (χ1) is 8.72. The topological polar surface area (TPSA) is 55.2 Å². The first-order valence-corrected chi connectivity index (χ1v) is 6.74. The fourth-order valence-corrected chi connectivity index (χ4v) is 2.76. The molecule has 3 rings (SSSR count). The summed E-state index contributed by atoms with van der Waals surface area (Å²) in [5, 5.41) is 14.5. The number of nitrogens with zero attached hydrogens (tertiary/aromatic N) is 1. The van der Waals surface area contributed by atoms with E-state index in [1.54, 1.807) is 12.1 Å². The zero-order valence-corrected chi connectivity index (χ0v) is 10.4. The molecule has 1 fully saturated rings. The van der Waals surface area contributed by atoms with Gasteiger partial charge in [-0.15, -0.1) is 0 Å². The molecule has 18 heavy (non-hydrogen) atoms. The molecule has 0 heterocycles. The summed E-state index contributed by atoms with van der Waals surface area (Å²) in [7, 11) is 0. The average Bonchev–Trinajstić information content (AvgIpc) is 3.17. The van der Waals surface area contributed by atoms with Crippen LogP contribution in [0.1, 0.15) is 36.8 Å². The van der Waals surface area contributed by atoms with Crippen molar-refractivity contribution in [3.63, 3.8) is 0 Å². The van der Waals surface area contributed by atoms with Gasteiger partial charge in [0.15, 0.2) is 0 Å². The van der Waals surface area contributed by atoms with Crippen molar-refractivity contribution in [2.45, 2.75) is 50.6 Å². The fourth-order valence-electron chi connectivity index (χ4n) is 2.76. The fraction of sp³-hybridized carbons (Fsp3) is 0.571. The molecule has 4 nitrogen and oxygen atoms in total. The number of benzene rings is 1. The molecule has 1 aromatic rings. The van der Waals surface area contributed by atoms with E-state index in [0.717, 1.165) is 31.7 Å². The van der Waals surface area contributed by atoms with Crippen LogP contribution in [0.15, 0.2) is 18.2 Å². The van der Waals surface area contributed by atoms with Gasteiger partial charge in [0.1, 0.15) is 0 Å². The summed E-state index contributed by atoms with van der Waals surface area (Å²) in [6.45, 7) is 0. The smallest absolute Gasteiger partial charge is 0.269 e. The van der Waals surface area contributed by atoms with Gasteiger partial charge in [-0.25, -0.2) is 0 Å². The standard InChI is InChI=1S/C14H18N2O2/c17-16(18)14-8-3-10-1-4-12(15-13-6-7-13)5-2-11(10)9-14/h3,8-9,12-13,15H,1-2,4-7H2. The minimum Gasteiger partial charge on any atom is -0.311 e. The van der Waals surface area contributed by atoms with Crippen molar-refractivity contribution in [3.05, 3.63) is 39.4 Å². The Morgan fingerprint density at radius 1 is 1.06 bits per heavy atom. The lowest BCUT2D eigenvalue weighted by atomic mass is 10.0. The molecule has 0 amide bonds. The zero-order valence-electron chi connectivity index (χ0n) is 10.4. The van der Waals surface area contributed by atoms with Crippen molar-refractivity contribution < 1.29 is 4.92 Å². The summed E-state index contributed by atoms with van der Waals surface area (Å²) in [6, 6.07) is 6.66. The molecule has 2 aliphatic rings. The molecule has 0 spiro atoms. The Bertz CT molecular complexity index is 469. The Morgan fingerprint density at radius 3 is 2.39 bits per heavy atom. The highest BCUT2D eigenvalue weighted by atomic mass is 16.6. The number of rotatable bonds is 3. The summed E-state index contributed by atoms with van der Waals surface area (Å²) < 4.78 is 0. The minimum atomic E-state index is -0.300. The van der Waals surface area contributed by atoms with Gasteiger partial charge in [-0.05, 0) is 49.7 Å². The van der Waals surface area contributed by atoms with E-state index in [0.29, 0.717) is 6.04 Å². The molecule has 4 heteroatoms. The van der Waals surface area contributed by atoms with Crippen molar-refractivity contribution in [2.75, 3.05) is 0 Å². The van der Waals surface area contributed by atoms with E-state index in [4.69, 9.17) is 0 Å². The molecule has 96 valence electrons. The van der Waals surface area contributed by atoms with E-state index in [1.165, 1.54) is 24.0 Å². The predicted octanol–water partition coefficient (Wildman–Crippen LogP) is 2.59. The molecule has 0 aromatic heterocycles. The number of hydrogen-bond acceptors (Lipinski definition) is 3. The first-order valence-electron chi connectivity index (χ1n) is 6.74. The number of aryl methyl sites for hydroxylation is 2. The maximum absolute atomic E-state index is 10.8. The molecule has 1 unspecified atom stereocenters. The second-order valence-electron chi connectivity index (χ2n) is 5.43. The minimum absolute atomic E-state index is 0.224. The van der Waals surface area contributed by atoms with Crippen LogP contribution in [0.5, 0.6) is 0 Å². The highest BCUT2D eigenvalue weighted by molar-refractivity contribution is 5.40. The van der Waals surface area contributed by atoms with Gasteiger partial charge in [0.2, 0.25) is 0 Å². The van der Waals surface area contributed by atoms with E-state index in [2.05, 4.69) is 5.32 Å². The van der Waals surface area contributed by atoms with Crippen molar-refractivity contribution >= 4 is 5.69 Å². The van der Waals surface area contributed by atoms with Gasteiger partial charge in [-0.3, -0.25) is 10.1 Å². The van der Waals surface area contributed by atoms with Gasteiger partial charge in [0.05, 0.1) is 4.92 Å². The van der Waals surface area contributed by atoms with Crippen molar-refractivity contribution in [1.82, 2.24) is 5.32 Å². The van der Waals surface area contributed by atoms with E-state index in [1.807, 2.05) is 6.07 Å². The maximum Gasteiger partial charge on any atom is 0.269 e. The summed E-state index contributed by atoms with van der Waals surface area (Å²) in [5.74, 6) is 0. The molecule has 0 aliphatic heterocycles. The quantitative estimate of drug-likeness (QED) is 0.506. The van der Waals surface area contributed by atoms with Crippen LogP contribution in [0, 0.1) is 10.1 Å². The summed E-state index contributed by atoms with van der Waals surface area (Å²) in [5.41, 5.74) is 2.69.